The third-order valence-corrected chi connectivity index (χ3v) is 3.12. The maximum absolute atomic E-state index is 12.2. The molecule has 0 saturated carbocycles. The summed E-state index contributed by atoms with van der Waals surface area (Å²) in [5, 5.41) is 4.53. The Morgan fingerprint density at radius 2 is 1.95 bits per heavy atom. The lowest BCUT2D eigenvalue weighted by Crippen LogP contribution is -2.04. The molecule has 0 amide bonds. The van der Waals surface area contributed by atoms with Gasteiger partial charge in [0, 0.05) is 6.07 Å². The van der Waals surface area contributed by atoms with Crippen LogP contribution in [0.5, 0.6) is 0 Å². The molecular weight excluding hydrogens is 240 g/mol. The fraction of sp³-hybridized carbons (Fsp3) is 0.200. The molecule has 0 atom stereocenters. The maximum Gasteiger partial charge on any atom is 0.240 e. The van der Waals surface area contributed by atoms with Gasteiger partial charge in [-0.1, -0.05) is 49.3 Å². The highest BCUT2D eigenvalue weighted by atomic mass is 16.5. The second kappa shape index (κ2) is 4.39. The third kappa shape index (κ3) is 1.95. The van der Waals surface area contributed by atoms with Gasteiger partial charge in [-0.2, -0.15) is 0 Å². The number of nitrogens with one attached hydrogen (secondary N) is 1. The minimum absolute atomic E-state index is 0.0578. The van der Waals surface area contributed by atoms with Crippen LogP contribution < -0.4 is 5.43 Å². The predicted molar refractivity (Wildman–Crippen MR) is 74.2 cm³/mol. The molecule has 2 heterocycles. The largest absolute Gasteiger partial charge is 0.337 e. The minimum atomic E-state index is -0.0578. The standard InChI is InChI=1S/C15H14N2O2/c1-9(2)14-13-12(18)8-11(16-15(13)19-17-14)10-6-4-3-5-7-10/h3-9H,1-2H3,(H,16,18). The zero-order chi connectivity index (χ0) is 13.4. The van der Waals surface area contributed by atoms with Crippen LogP contribution in [0.15, 0.2) is 45.7 Å². The maximum atomic E-state index is 12.2. The molecule has 0 aliphatic heterocycles. The number of nitrogens with zero attached hydrogens (tertiary/aromatic N) is 1. The van der Waals surface area contributed by atoms with Gasteiger partial charge in [0.2, 0.25) is 5.71 Å². The van der Waals surface area contributed by atoms with Crippen LogP contribution in [-0.2, 0) is 0 Å². The number of pyridine rings is 1. The molecule has 3 aromatic rings. The van der Waals surface area contributed by atoms with Gasteiger partial charge >= 0.3 is 0 Å². The number of benzene rings is 1. The van der Waals surface area contributed by atoms with Gasteiger partial charge in [-0.3, -0.25) is 4.79 Å². The number of fused-ring (bicyclic) bond motifs is 1. The average molecular weight is 254 g/mol. The van der Waals surface area contributed by atoms with Crippen molar-refractivity contribution in [3.63, 3.8) is 0 Å². The van der Waals surface area contributed by atoms with E-state index >= 15 is 0 Å². The molecule has 1 N–H and O–H groups in total. The van der Waals surface area contributed by atoms with Crippen LogP contribution in [0.3, 0.4) is 0 Å². The van der Waals surface area contributed by atoms with Crippen LogP contribution in [0.4, 0.5) is 0 Å². The van der Waals surface area contributed by atoms with Crippen molar-refractivity contribution in [1.29, 1.82) is 0 Å². The molecule has 0 radical (unpaired) electrons. The van der Waals surface area contributed by atoms with E-state index in [9.17, 15) is 4.79 Å². The topological polar surface area (TPSA) is 58.9 Å². The van der Waals surface area contributed by atoms with Gasteiger partial charge in [0.15, 0.2) is 5.43 Å². The molecule has 1 aromatic carbocycles. The summed E-state index contributed by atoms with van der Waals surface area (Å²) < 4.78 is 5.25. The zero-order valence-electron chi connectivity index (χ0n) is 10.8. The molecule has 4 nitrogen and oxygen atoms in total. The first-order valence-electron chi connectivity index (χ1n) is 6.25. The van der Waals surface area contributed by atoms with Crippen LogP contribution in [0.1, 0.15) is 25.5 Å². The number of rotatable bonds is 2. The lowest BCUT2D eigenvalue weighted by Gasteiger charge is -2.01. The Hall–Kier alpha value is -2.36. The highest BCUT2D eigenvalue weighted by molar-refractivity contribution is 5.79. The fourth-order valence-electron chi connectivity index (χ4n) is 2.15. The lowest BCUT2D eigenvalue weighted by molar-refractivity contribution is 0.435. The normalized spacial score (nSPS) is 11.3. The molecule has 0 spiro atoms. The van der Waals surface area contributed by atoms with E-state index in [0.717, 1.165) is 11.3 Å². The van der Waals surface area contributed by atoms with Gasteiger partial charge in [0.05, 0.1) is 11.4 Å². The first-order valence-corrected chi connectivity index (χ1v) is 6.25. The van der Waals surface area contributed by atoms with Crippen molar-refractivity contribution in [3.05, 3.63) is 52.3 Å². The summed E-state index contributed by atoms with van der Waals surface area (Å²) in [5.74, 6) is 0.157. The summed E-state index contributed by atoms with van der Waals surface area (Å²) in [7, 11) is 0. The number of hydrogen-bond acceptors (Lipinski definition) is 3. The first-order chi connectivity index (χ1) is 9.16. The third-order valence-electron chi connectivity index (χ3n) is 3.12. The second-order valence-corrected chi connectivity index (χ2v) is 4.84. The fourth-order valence-corrected chi connectivity index (χ4v) is 2.15. The number of aromatic amines is 1. The van der Waals surface area contributed by atoms with Gasteiger partial charge in [-0.05, 0) is 11.5 Å². The van der Waals surface area contributed by atoms with Crippen molar-refractivity contribution in [1.82, 2.24) is 10.1 Å². The van der Waals surface area contributed by atoms with Crippen molar-refractivity contribution in [2.45, 2.75) is 19.8 Å². The SMILES string of the molecule is CC(C)c1noc2[nH]c(-c3ccccc3)cc(=O)c12. The van der Waals surface area contributed by atoms with E-state index in [1.54, 1.807) is 6.07 Å². The quantitative estimate of drug-likeness (QED) is 0.763. The summed E-state index contributed by atoms with van der Waals surface area (Å²) >= 11 is 0. The van der Waals surface area contributed by atoms with Crippen molar-refractivity contribution in [3.8, 4) is 11.3 Å². The average Bonchev–Trinajstić information content (AvgIpc) is 2.84. The summed E-state index contributed by atoms with van der Waals surface area (Å²) in [6.45, 7) is 3.98. The van der Waals surface area contributed by atoms with Gasteiger partial charge in [0.1, 0.15) is 5.39 Å². The zero-order valence-corrected chi connectivity index (χ0v) is 10.8. The summed E-state index contributed by atoms with van der Waals surface area (Å²) in [4.78, 5) is 15.4. The van der Waals surface area contributed by atoms with Gasteiger partial charge in [0.25, 0.3) is 0 Å². The summed E-state index contributed by atoms with van der Waals surface area (Å²) in [6.07, 6.45) is 0. The number of hydrogen-bond donors (Lipinski definition) is 1. The number of aromatic nitrogens is 2. The Morgan fingerprint density at radius 3 is 2.63 bits per heavy atom. The molecule has 19 heavy (non-hydrogen) atoms. The van der Waals surface area contributed by atoms with E-state index in [-0.39, 0.29) is 11.3 Å². The van der Waals surface area contributed by atoms with Gasteiger partial charge < -0.3 is 9.51 Å². The Labute approximate surface area is 110 Å². The van der Waals surface area contributed by atoms with E-state index in [0.29, 0.717) is 16.8 Å². The second-order valence-electron chi connectivity index (χ2n) is 4.84. The van der Waals surface area contributed by atoms with Crippen molar-refractivity contribution in [2.75, 3.05) is 0 Å². The van der Waals surface area contributed by atoms with Crippen LogP contribution in [0, 0.1) is 0 Å². The van der Waals surface area contributed by atoms with E-state index in [1.807, 2.05) is 44.2 Å². The highest BCUT2D eigenvalue weighted by Gasteiger charge is 2.16. The van der Waals surface area contributed by atoms with Gasteiger partial charge in [-0.15, -0.1) is 0 Å². The van der Waals surface area contributed by atoms with E-state index in [4.69, 9.17) is 4.52 Å². The Bertz CT molecular complexity index is 770. The Morgan fingerprint density at radius 1 is 1.21 bits per heavy atom. The smallest absolute Gasteiger partial charge is 0.240 e. The summed E-state index contributed by atoms with van der Waals surface area (Å²) in [5.41, 5.74) is 2.78. The van der Waals surface area contributed by atoms with E-state index < -0.39 is 0 Å². The molecule has 0 bridgehead atoms. The molecule has 0 saturated heterocycles. The van der Waals surface area contributed by atoms with Gasteiger partial charge in [-0.25, -0.2) is 0 Å². The summed E-state index contributed by atoms with van der Waals surface area (Å²) in [6, 6.07) is 11.3. The molecule has 0 aliphatic carbocycles. The molecule has 0 unspecified atom stereocenters. The monoisotopic (exact) mass is 254 g/mol. The van der Waals surface area contributed by atoms with Crippen molar-refractivity contribution < 1.29 is 4.52 Å². The molecule has 4 heteroatoms. The van der Waals surface area contributed by atoms with Crippen molar-refractivity contribution >= 4 is 11.1 Å². The molecule has 2 aromatic heterocycles. The van der Waals surface area contributed by atoms with Crippen molar-refractivity contribution in [2.24, 2.45) is 0 Å². The van der Waals surface area contributed by atoms with E-state index in [1.165, 1.54) is 0 Å². The Balaban J connectivity index is 2.25. The van der Waals surface area contributed by atoms with Crippen LogP contribution in [0.25, 0.3) is 22.4 Å². The number of H-pyrrole nitrogens is 1. The van der Waals surface area contributed by atoms with Crippen LogP contribution >= 0.6 is 0 Å². The van der Waals surface area contributed by atoms with Crippen LogP contribution in [-0.4, -0.2) is 10.1 Å². The first kappa shape index (κ1) is 11.7. The Kier molecular flexibility index (Phi) is 2.71. The molecule has 0 aliphatic rings. The lowest BCUT2D eigenvalue weighted by atomic mass is 10.1. The molecule has 0 fully saturated rings. The molecular formula is C15H14N2O2. The molecule has 3 rings (SSSR count). The molecule has 96 valence electrons. The van der Waals surface area contributed by atoms with E-state index in [2.05, 4.69) is 10.1 Å². The minimum Gasteiger partial charge on any atom is -0.337 e. The predicted octanol–water partition coefficient (Wildman–Crippen LogP) is 3.31. The van der Waals surface area contributed by atoms with Crippen LogP contribution in [0.2, 0.25) is 0 Å². The highest BCUT2D eigenvalue weighted by Crippen LogP contribution is 2.23.